The van der Waals surface area contributed by atoms with E-state index in [1.54, 1.807) is 12.4 Å². The van der Waals surface area contributed by atoms with Crippen LogP contribution in [0.3, 0.4) is 0 Å². The van der Waals surface area contributed by atoms with Crippen LogP contribution in [0, 0.1) is 0 Å². The van der Waals surface area contributed by atoms with Gasteiger partial charge in [0.05, 0.1) is 13.1 Å². The Kier molecular flexibility index (Phi) is 14.0. The van der Waals surface area contributed by atoms with E-state index >= 15 is 0 Å². The van der Waals surface area contributed by atoms with Crippen molar-refractivity contribution in [1.82, 2.24) is 30.4 Å². The van der Waals surface area contributed by atoms with Crippen molar-refractivity contribution in [3.05, 3.63) is 204 Å². The smallest absolute Gasteiger partial charge is 0.332 e. The highest BCUT2D eigenvalue weighted by molar-refractivity contribution is 6.05. The maximum absolute atomic E-state index is 13.4. The predicted molar refractivity (Wildman–Crippen MR) is 278 cm³/mol. The number of esters is 2. The Labute approximate surface area is 425 Å². The van der Waals surface area contributed by atoms with E-state index in [1.807, 2.05) is 146 Å². The highest BCUT2D eigenvalue weighted by atomic mass is 16.6. The summed E-state index contributed by atoms with van der Waals surface area (Å²) in [6.45, 7) is 0.298. The van der Waals surface area contributed by atoms with Crippen LogP contribution in [0.15, 0.2) is 170 Å². The number of H-pyrrole nitrogens is 2. The Morgan fingerprint density at radius 1 is 0.500 bits per heavy atom. The molecule has 4 unspecified atom stereocenters. The third-order valence-corrected chi connectivity index (χ3v) is 13.3. The summed E-state index contributed by atoms with van der Waals surface area (Å²) in [5.74, 6) is -2.35. The second-order valence-corrected chi connectivity index (χ2v) is 18.5. The van der Waals surface area contributed by atoms with Crippen LogP contribution in [0.5, 0.6) is 0 Å². The number of fused-ring (bicyclic) bond motifs is 2. The lowest BCUT2D eigenvalue weighted by atomic mass is 10.0. The number of nitrogens with two attached hydrogens (primary N) is 2. The lowest BCUT2D eigenvalue weighted by Crippen LogP contribution is -2.32. The number of hydrogen-bond acceptors (Lipinski definition) is 10. The van der Waals surface area contributed by atoms with Gasteiger partial charge in [0.25, 0.3) is 11.8 Å². The summed E-state index contributed by atoms with van der Waals surface area (Å²) in [5.41, 5.74) is 23.1. The molecule has 6 aromatic carbocycles. The maximum Gasteiger partial charge on any atom is 0.332 e. The van der Waals surface area contributed by atoms with Gasteiger partial charge in [-0.3, -0.25) is 30.9 Å². The summed E-state index contributed by atoms with van der Waals surface area (Å²) in [5, 5.41) is 7.26. The first-order valence-electron chi connectivity index (χ1n) is 24.2. The molecule has 2 aliphatic heterocycles. The van der Waals surface area contributed by atoms with Gasteiger partial charge >= 0.3 is 24.0 Å². The zero-order valence-corrected chi connectivity index (χ0v) is 40.0. The number of nitrogens with one attached hydrogen (secondary N) is 4. The highest BCUT2D eigenvalue weighted by Gasteiger charge is 2.39. The number of nitrogens with zero attached hydrogens (tertiary/aromatic N) is 2. The number of imide groups is 2. The molecule has 4 atom stereocenters. The standard InChI is InChI=1S/C58H52N8O8/c59-51(29-43-31-61-47-21-15-37(25-45(43)47)27-49-55(69)65(57(71)63-49)33-35-11-17-41(18-12-35)39-7-3-1-4-8-39)73-53(67)23-24-54(68)74-52(60)30-44-32-62-48-22-16-38(26-46(44)48)28-50-56(70)66(58(72)64-50)34-36-13-19-42(20-14-36)40-9-5-2-6-10-40/h1-26,31-32,49-52,61-62H,27-30,33-34,59-60H2,(H,63,71)(H,64,72)/b24-23-. The van der Waals surface area contributed by atoms with Gasteiger partial charge in [0.15, 0.2) is 12.5 Å². The number of amides is 6. The minimum atomic E-state index is -1.07. The number of rotatable bonds is 18. The Morgan fingerprint density at radius 2 is 0.865 bits per heavy atom. The third kappa shape index (κ3) is 11.0. The molecule has 0 spiro atoms. The quantitative estimate of drug-likeness (QED) is 0.0217. The van der Waals surface area contributed by atoms with Crippen molar-refractivity contribution >= 4 is 57.6 Å². The molecule has 2 aliphatic rings. The van der Waals surface area contributed by atoms with E-state index < -0.39 is 48.5 Å². The highest BCUT2D eigenvalue weighted by Crippen LogP contribution is 2.27. The lowest BCUT2D eigenvalue weighted by Gasteiger charge is -2.14. The first-order chi connectivity index (χ1) is 35.9. The monoisotopic (exact) mass is 988 g/mol. The average Bonchev–Trinajstić information content (AvgIpc) is 4.14. The van der Waals surface area contributed by atoms with Crippen molar-refractivity contribution < 1.29 is 38.2 Å². The molecule has 16 nitrogen and oxygen atoms in total. The fraction of sp³-hybridized carbons (Fsp3) is 0.172. The van der Waals surface area contributed by atoms with Gasteiger partial charge in [-0.2, -0.15) is 0 Å². The Bertz CT molecular complexity index is 3200. The van der Waals surface area contributed by atoms with Crippen LogP contribution < -0.4 is 22.1 Å². The fourth-order valence-electron chi connectivity index (χ4n) is 9.51. The molecular weight excluding hydrogens is 937 g/mol. The number of carbonyl (C=O) groups excluding carboxylic acids is 6. The predicted octanol–water partition coefficient (Wildman–Crippen LogP) is 7.31. The van der Waals surface area contributed by atoms with Crippen molar-refractivity contribution in [2.24, 2.45) is 11.5 Å². The zero-order chi connectivity index (χ0) is 51.3. The van der Waals surface area contributed by atoms with Crippen LogP contribution in [0.25, 0.3) is 44.1 Å². The van der Waals surface area contributed by atoms with Gasteiger partial charge in [0.2, 0.25) is 0 Å². The Morgan fingerprint density at radius 3 is 1.26 bits per heavy atom. The van der Waals surface area contributed by atoms with Gasteiger partial charge in [0.1, 0.15) is 12.1 Å². The number of urea groups is 2. The Hall–Kier alpha value is -9.12. The zero-order valence-electron chi connectivity index (χ0n) is 40.0. The topological polar surface area (TPSA) is 235 Å². The SMILES string of the molecule is NC(Cc1c[nH]c2ccc(CC3NC(=O)N(Cc4ccc(-c5ccccc5)cc4)C3=O)cc12)OC(=O)/C=C\C(=O)OC(N)Cc1c[nH]c2ccc(CC3NC(=O)N(Cc4ccc(-c5ccccc5)cc4)C3=O)cc12. The second kappa shape index (κ2) is 21.3. The number of ether oxygens (including phenoxy) is 2. The molecule has 2 fully saturated rings. The van der Waals surface area contributed by atoms with Crippen molar-refractivity contribution in [2.45, 2.75) is 63.3 Å². The number of hydrogen-bond donors (Lipinski definition) is 6. The Balaban J connectivity index is 0.682. The summed E-state index contributed by atoms with van der Waals surface area (Å²) in [6, 6.07) is 44.4. The summed E-state index contributed by atoms with van der Waals surface area (Å²) in [6.07, 6.45) is 4.01. The van der Waals surface area contributed by atoms with Gasteiger partial charge in [-0.15, -0.1) is 0 Å². The maximum atomic E-state index is 13.4. The van der Waals surface area contributed by atoms with E-state index in [9.17, 15) is 28.8 Å². The third-order valence-electron chi connectivity index (χ3n) is 13.3. The fourth-order valence-corrected chi connectivity index (χ4v) is 9.51. The molecule has 74 heavy (non-hydrogen) atoms. The molecule has 10 rings (SSSR count). The van der Waals surface area contributed by atoms with Crippen molar-refractivity contribution in [3.8, 4) is 22.3 Å². The van der Waals surface area contributed by atoms with Gasteiger partial charge in [0, 0.05) is 72.0 Å². The van der Waals surface area contributed by atoms with E-state index in [1.165, 1.54) is 9.80 Å². The van der Waals surface area contributed by atoms with Crippen LogP contribution in [-0.2, 0) is 67.4 Å². The molecule has 0 aliphatic carbocycles. The van der Waals surface area contributed by atoms with Gasteiger partial charge in [-0.25, -0.2) is 19.2 Å². The minimum absolute atomic E-state index is 0.134. The van der Waals surface area contributed by atoms with Crippen LogP contribution in [0.2, 0.25) is 0 Å². The van der Waals surface area contributed by atoms with E-state index in [-0.39, 0.29) is 50.6 Å². The molecule has 0 bridgehead atoms. The van der Waals surface area contributed by atoms with E-state index in [4.69, 9.17) is 20.9 Å². The lowest BCUT2D eigenvalue weighted by molar-refractivity contribution is -0.145. The molecule has 0 saturated carbocycles. The summed E-state index contributed by atoms with van der Waals surface area (Å²) in [7, 11) is 0. The molecule has 2 aromatic heterocycles. The van der Waals surface area contributed by atoms with Gasteiger partial charge in [-0.1, -0.05) is 121 Å². The molecule has 8 N–H and O–H groups in total. The van der Waals surface area contributed by atoms with Crippen LogP contribution >= 0.6 is 0 Å². The number of carbonyl (C=O) groups is 6. The largest absolute Gasteiger partial charge is 0.443 e. The molecular formula is C58H52N8O8. The summed E-state index contributed by atoms with van der Waals surface area (Å²) < 4.78 is 10.8. The summed E-state index contributed by atoms with van der Waals surface area (Å²) in [4.78, 5) is 87.1. The van der Waals surface area contributed by atoms with Gasteiger partial charge < -0.3 is 30.1 Å². The molecule has 372 valence electrons. The average molecular weight is 989 g/mol. The van der Waals surface area contributed by atoms with Crippen molar-refractivity contribution in [2.75, 3.05) is 0 Å². The number of benzene rings is 6. The molecule has 2 saturated heterocycles. The van der Waals surface area contributed by atoms with Crippen molar-refractivity contribution in [3.63, 3.8) is 0 Å². The normalized spacial score (nSPS) is 16.5. The summed E-state index contributed by atoms with van der Waals surface area (Å²) >= 11 is 0. The molecule has 8 aromatic rings. The second-order valence-electron chi connectivity index (χ2n) is 18.5. The first kappa shape index (κ1) is 48.5. The van der Waals surface area contributed by atoms with E-state index in [0.29, 0.717) is 0 Å². The van der Waals surface area contributed by atoms with Crippen LogP contribution in [0.4, 0.5) is 9.59 Å². The number of aromatic nitrogens is 2. The van der Waals surface area contributed by atoms with Crippen LogP contribution in [0.1, 0.15) is 33.4 Å². The molecule has 6 amide bonds. The van der Waals surface area contributed by atoms with E-state index in [0.717, 1.165) is 89.6 Å². The van der Waals surface area contributed by atoms with Crippen molar-refractivity contribution in [1.29, 1.82) is 0 Å². The molecule has 4 heterocycles. The molecule has 16 heteroatoms. The first-order valence-corrected chi connectivity index (χ1v) is 24.2. The van der Waals surface area contributed by atoms with Gasteiger partial charge in [-0.05, 0) is 79.9 Å². The molecule has 0 radical (unpaired) electrons. The van der Waals surface area contributed by atoms with Crippen LogP contribution in [-0.4, -0.2) is 80.1 Å². The minimum Gasteiger partial charge on any atom is -0.443 e. The van der Waals surface area contributed by atoms with E-state index in [2.05, 4.69) is 20.6 Å². The number of aromatic amines is 2.